The molecule has 0 atom stereocenters. The predicted molar refractivity (Wildman–Crippen MR) is 102 cm³/mol. The number of nitrogens with zero attached hydrogens (tertiary/aromatic N) is 6. The highest BCUT2D eigenvalue weighted by Crippen LogP contribution is 2.21. The number of thioether (sulfide) groups is 1. The zero-order chi connectivity index (χ0) is 18.4. The van der Waals surface area contributed by atoms with E-state index in [0.717, 1.165) is 61.1 Å². The molecule has 2 aromatic rings. The van der Waals surface area contributed by atoms with Crippen molar-refractivity contribution in [2.24, 2.45) is 0 Å². The fourth-order valence-corrected chi connectivity index (χ4v) is 3.80. The van der Waals surface area contributed by atoms with E-state index in [4.69, 9.17) is 0 Å². The van der Waals surface area contributed by atoms with Crippen molar-refractivity contribution in [3.63, 3.8) is 0 Å². The van der Waals surface area contributed by atoms with Gasteiger partial charge in [0.1, 0.15) is 0 Å². The van der Waals surface area contributed by atoms with Crippen LogP contribution in [0.5, 0.6) is 0 Å². The minimum atomic E-state index is 0.146. The molecule has 1 aliphatic rings. The van der Waals surface area contributed by atoms with E-state index in [-0.39, 0.29) is 5.91 Å². The number of carbonyl (C=O) groups is 1. The maximum atomic E-state index is 12.7. The summed E-state index contributed by atoms with van der Waals surface area (Å²) in [4.78, 5) is 16.7. The number of tetrazole rings is 1. The molecule has 7 nitrogen and oxygen atoms in total. The lowest BCUT2D eigenvalue weighted by Gasteiger charge is -2.26. The maximum Gasteiger partial charge on any atom is 0.253 e. The van der Waals surface area contributed by atoms with Crippen LogP contribution in [-0.2, 0) is 12.3 Å². The van der Waals surface area contributed by atoms with Crippen LogP contribution in [0.2, 0.25) is 0 Å². The molecule has 0 unspecified atom stereocenters. The Morgan fingerprint density at radius 2 is 2.04 bits per heavy atom. The van der Waals surface area contributed by atoms with E-state index in [2.05, 4.69) is 20.4 Å². The highest BCUT2D eigenvalue weighted by Gasteiger charge is 2.18. The van der Waals surface area contributed by atoms with Crippen LogP contribution in [0.3, 0.4) is 0 Å². The third-order valence-corrected chi connectivity index (χ3v) is 5.47. The van der Waals surface area contributed by atoms with Crippen molar-refractivity contribution in [2.45, 2.75) is 36.7 Å². The first-order valence-corrected chi connectivity index (χ1v) is 10.0. The largest absolute Gasteiger partial charge is 0.339 e. The molecule has 0 bridgehead atoms. The summed E-state index contributed by atoms with van der Waals surface area (Å²) < 4.78 is 1.83. The van der Waals surface area contributed by atoms with E-state index in [9.17, 15) is 4.79 Å². The van der Waals surface area contributed by atoms with Gasteiger partial charge in [0.25, 0.3) is 5.91 Å². The number of amides is 1. The minimum absolute atomic E-state index is 0.146. The van der Waals surface area contributed by atoms with E-state index in [1.165, 1.54) is 6.42 Å². The number of hydrogen-bond donors (Lipinski definition) is 0. The molecule has 2 heterocycles. The molecule has 26 heavy (non-hydrogen) atoms. The second kappa shape index (κ2) is 9.14. The van der Waals surface area contributed by atoms with E-state index in [1.54, 1.807) is 11.8 Å². The number of likely N-dealkylation sites (N-methyl/N-ethyl adjacent to an activating group) is 1. The Labute approximate surface area is 158 Å². The van der Waals surface area contributed by atoms with Crippen molar-refractivity contribution in [2.75, 3.05) is 33.7 Å². The van der Waals surface area contributed by atoms with E-state index in [1.807, 2.05) is 47.9 Å². The molecule has 0 saturated carbocycles. The van der Waals surface area contributed by atoms with E-state index >= 15 is 0 Å². The summed E-state index contributed by atoms with van der Waals surface area (Å²) in [6.07, 6.45) is 3.44. The Hall–Kier alpha value is -1.93. The molecule has 0 aliphatic carbocycles. The number of piperidine rings is 1. The van der Waals surface area contributed by atoms with Crippen LogP contribution in [-0.4, -0.2) is 69.6 Å². The Balaban J connectivity index is 1.61. The lowest BCUT2D eigenvalue weighted by atomic mass is 10.1. The van der Waals surface area contributed by atoms with Gasteiger partial charge in [-0.1, -0.05) is 23.9 Å². The Bertz CT molecular complexity index is 726. The van der Waals surface area contributed by atoms with Gasteiger partial charge in [0.05, 0.1) is 6.54 Å². The minimum Gasteiger partial charge on any atom is -0.339 e. The molecule has 1 aromatic carbocycles. The zero-order valence-corrected chi connectivity index (χ0v) is 16.3. The first-order chi connectivity index (χ1) is 12.6. The fraction of sp³-hybridized carbons (Fsp3) is 0.556. The lowest BCUT2D eigenvalue weighted by molar-refractivity contribution is 0.0724. The lowest BCUT2D eigenvalue weighted by Crippen LogP contribution is -2.35. The standard InChI is InChI=1S/C18H26N6OS/c1-22(2)11-12-24-18(19-20-21-24)26-14-15-7-6-8-16(13-15)17(25)23-9-4-3-5-10-23/h6-8,13H,3-5,9-12,14H2,1-2H3. The fourth-order valence-electron chi connectivity index (χ4n) is 2.96. The normalized spacial score (nSPS) is 14.8. The van der Waals surface area contributed by atoms with E-state index in [0.29, 0.717) is 0 Å². The highest BCUT2D eigenvalue weighted by molar-refractivity contribution is 7.98. The first kappa shape index (κ1) is 18.8. The van der Waals surface area contributed by atoms with Crippen LogP contribution in [0, 0.1) is 0 Å². The van der Waals surface area contributed by atoms with Crippen LogP contribution in [0.4, 0.5) is 0 Å². The van der Waals surface area contributed by atoms with Gasteiger partial charge in [-0.3, -0.25) is 4.79 Å². The molecule has 1 fully saturated rings. The van der Waals surface area contributed by atoms with E-state index < -0.39 is 0 Å². The number of aromatic nitrogens is 4. The smallest absolute Gasteiger partial charge is 0.253 e. The van der Waals surface area contributed by atoms with Crippen LogP contribution in [0.15, 0.2) is 29.4 Å². The van der Waals surface area contributed by atoms with Crippen molar-refractivity contribution in [3.05, 3.63) is 35.4 Å². The summed E-state index contributed by atoms with van der Waals surface area (Å²) in [5, 5.41) is 12.8. The third-order valence-electron chi connectivity index (χ3n) is 4.44. The Morgan fingerprint density at radius 3 is 2.81 bits per heavy atom. The second-order valence-corrected chi connectivity index (χ2v) is 7.77. The van der Waals surface area contributed by atoms with Crippen molar-refractivity contribution >= 4 is 17.7 Å². The monoisotopic (exact) mass is 374 g/mol. The van der Waals surface area contributed by atoms with Gasteiger partial charge in [-0.05, 0) is 61.5 Å². The molecule has 0 N–H and O–H groups in total. The SMILES string of the molecule is CN(C)CCn1nnnc1SCc1cccc(C(=O)N2CCCCC2)c1. The van der Waals surface area contributed by atoms with Gasteiger partial charge in [0.15, 0.2) is 0 Å². The van der Waals surface area contributed by atoms with Crippen LogP contribution in [0.25, 0.3) is 0 Å². The molecule has 1 aromatic heterocycles. The van der Waals surface area contributed by atoms with Crippen molar-refractivity contribution in [1.82, 2.24) is 30.0 Å². The quantitative estimate of drug-likeness (QED) is 0.692. The molecule has 0 spiro atoms. The van der Waals surface area contributed by atoms with Gasteiger partial charge in [0, 0.05) is 31.0 Å². The molecular weight excluding hydrogens is 348 g/mol. The number of carbonyl (C=O) groups excluding carboxylic acids is 1. The predicted octanol–water partition coefficient (Wildman–Crippen LogP) is 2.15. The molecule has 0 radical (unpaired) electrons. The molecule has 3 rings (SSSR count). The molecular formula is C18H26N6OS. The third kappa shape index (κ3) is 5.04. The number of rotatable bonds is 7. The highest BCUT2D eigenvalue weighted by atomic mass is 32.2. The Kier molecular flexibility index (Phi) is 6.62. The number of likely N-dealkylation sites (tertiary alicyclic amines) is 1. The summed E-state index contributed by atoms with van der Waals surface area (Å²) >= 11 is 1.60. The number of hydrogen-bond acceptors (Lipinski definition) is 6. The summed E-state index contributed by atoms with van der Waals surface area (Å²) in [6.45, 7) is 3.39. The van der Waals surface area contributed by atoms with Gasteiger partial charge < -0.3 is 9.80 Å². The van der Waals surface area contributed by atoms with Crippen LogP contribution >= 0.6 is 11.8 Å². The Morgan fingerprint density at radius 1 is 1.23 bits per heavy atom. The average Bonchev–Trinajstić information content (AvgIpc) is 3.12. The van der Waals surface area contributed by atoms with Crippen molar-refractivity contribution in [3.8, 4) is 0 Å². The van der Waals surface area contributed by atoms with Crippen LogP contribution in [0.1, 0.15) is 35.2 Å². The first-order valence-electron chi connectivity index (χ1n) is 9.05. The van der Waals surface area contributed by atoms with Gasteiger partial charge in [-0.15, -0.1) is 5.10 Å². The summed E-state index contributed by atoms with van der Waals surface area (Å²) in [7, 11) is 4.06. The molecule has 1 saturated heterocycles. The summed E-state index contributed by atoms with van der Waals surface area (Å²) in [6, 6.07) is 7.92. The summed E-state index contributed by atoms with van der Waals surface area (Å²) in [5.41, 5.74) is 1.89. The molecule has 1 aliphatic heterocycles. The van der Waals surface area contributed by atoms with Gasteiger partial charge in [0.2, 0.25) is 5.16 Å². The van der Waals surface area contributed by atoms with Gasteiger partial charge >= 0.3 is 0 Å². The van der Waals surface area contributed by atoms with Crippen molar-refractivity contribution in [1.29, 1.82) is 0 Å². The average molecular weight is 375 g/mol. The summed E-state index contributed by atoms with van der Waals surface area (Å²) in [5.74, 6) is 0.885. The molecule has 8 heteroatoms. The second-order valence-electron chi connectivity index (χ2n) is 6.83. The van der Waals surface area contributed by atoms with Crippen LogP contribution < -0.4 is 0 Å². The maximum absolute atomic E-state index is 12.7. The topological polar surface area (TPSA) is 67.2 Å². The molecule has 1 amide bonds. The molecule has 140 valence electrons. The number of benzene rings is 1. The van der Waals surface area contributed by atoms with Gasteiger partial charge in [-0.2, -0.15) is 0 Å². The van der Waals surface area contributed by atoms with Gasteiger partial charge in [-0.25, -0.2) is 4.68 Å². The van der Waals surface area contributed by atoms with Crippen molar-refractivity contribution < 1.29 is 4.79 Å². The zero-order valence-electron chi connectivity index (χ0n) is 15.5.